The quantitative estimate of drug-likeness (QED) is 0.0268. The summed E-state index contributed by atoms with van der Waals surface area (Å²) in [5.41, 5.74) is 5.40. The van der Waals surface area contributed by atoms with Gasteiger partial charge in [-0.25, -0.2) is 4.57 Å². The van der Waals surface area contributed by atoms with Gasteiger partial charge < -0.3 is 20.1 Å². The van der Waals surface area contributed by atoms with Crippen LogP contribution in [0, 0.1) is 0 Å². The Morgan fingerprint density at radius 1 is 0.476 bits per heavy atom. The van der Waals surface area contributed by atoms with E-state index in [-0.39, 0.29) is 32.3 Å². The zero-order valence-electron chi connectivity index (χ0n) is 41.8. The Balaban J connectivity index is 3.87. The fourth-order valence-corrected chi connectivity index (χ4v) is 8.85. The van der Waals surface area contributed by atoms with E-state index in [1.807, 2.05) is 0 Å². The Hall–Kier alpha value is -1.02. The van der Waals surface area contributed by atoms with Crippen molar-refractivity contribution in [2.45, 2.75) is 283 Å². The van der Waals surface area contributed by atoms with Crippen LogP contribution in [0.2, 0.25) is 0 Å². The molecule has 0 amide bonds. The van der Waals surface area contributed by atoms with E-state index >= 15 is 0 Å². The molecule has 0 heterocycles. The van der Waals surface area contributed by atoms with Gasteiger partial charge in [0.05, 0.1) is 19.8 Å². The van der Waals surface area contributed by atoms with Gasteiger partial charge in [0.15, 0.2) is 0 Å². The summed E-state index contributed by atoms with van der Waals surface area (Å²) in [7, 11) is -4.28. The smallest absolute Gasteiger partial charge is 0.457 e. The molecule has 0 spiro atoms. The molecule has 0 saturated heterocycles. The first kappa shape index (κ1) is 62.0. The number of ether oxygens (including phenoxy) is 2. The predicted octanol–water partition coefficient (Wildman–Crippen LogP) is 17.2. The lowest BCUT2D eigenvalue weighted by atomic mass is 10.0. The van der Waals surface area contributed by atoms with Crippen molar-refractivity contribution in [1.29, 1.82) is 0 Å². The molecule has 8 nitrogen and oxygen atoms in total. The molecule has 2 unspecified atom stereocenters. The van der Waals surface area contributed by atoms with Gasteiger partial charge in [0, 0.05) is 19.6 Å². The van der Waals surface area contributed by atoms with Crippen molar-refractivity contribution in [1.82, 2.24) is 0 Å². The van der Waals surface area contributed by atoms with E-state index in [4.69, 9.17) is 24.3 Å². The molecule has 0 bridgehead atoms. The Bertz CT molecular complexity index is 1020. The largest absolute Gasteiger partial charge is 0.472 e. The van der Waals surface area contributed by atoms with Gasteiger partial charge in [-0.3, -0.25) is 13.8 Å². The van der Waals surface area contributed by atoms with Gasteiger partial charge in [0.2, 0.25) is 0 Å². The van der Waals surface area contributed by atoms with Crippen molar-refractivity contribution in [2.75, 3.05) is 33.0 Å². The minimum Gasteiger partial charge on any atom is -0.457 e. The second-order valence-corrected chi connectivity index (χ2v) is 19.9. The minimum atomic E-state index is -4.28. The number of allylic oxidation sites excluding steroid dienone is 4. The summed E-state index contributed by atoms with van der Waals surface area (Å²) < 4.78 is 33.6. The van der Waals surface area contributed by atoms with Gasteiger partial charge in [0.25, 0.3) is 0 Å². The third-order valence-corrected chi connectivity index (χ3v) is 13.1. The van der Waals surface area contributed by atoms with Crippen LogP contribution in [0.4, 0.5) is 0 Å². The fraction of sp³-hybridized carbons (Fsp3) is 0.907. The SMILES string of the molecule is CCCCC/C=C\C/C=C\CCCCCCCCCCCCOCC(COP(=O)(O)OCCN)OC(=O)CCCCCCCCCCCCCCCCCCCCCCCCCC. The lowest BCUT2D eigenvalue weighted by Gasteiger charge is -2.20. The summed E-state index contributed by atoms with van der Waals surface area (Å²) in [6, 6.07) is 0. The second-order valence-electron chi connectivity index (χ2n) is 18.5. The summed E-state index contributed by atoms with van der Waals surface area (Å²) in [6.07, 6.45) is 60.8. The normalized spacial score (nSPS) is 13.4. The van der Waals surface area contributed by atoms with Crippen molar-refractivity contribution in [3.8, 4) is 0 Å². The number of carbonyl (C=O) groups is 1. The Morgan fingerprint density at radius 2 is 0.841 bits per heavy atom. The van der Waals surface area contributed by atoms with Gasteiger partial charge in [0.1, 0.15) is 6.10 Å². The molecular formula is C54H106NO7P. The first-order valence-electron chi connectivity index (χ1n) is 27.3. The van der Waals surface area contributed by atoms with Crippen LogP contribution in [0.1, 0.15) is 277 Å². The standard InChI is InChI=1S/C54H106NO7P/c1-3-5-7-9-11-13-15-17-19-21-23-25-26-27-28-29-31-33-35-37-39-41-43-45-47-54(56)62-53(52-61-63(57,58)60-50-48-55)51-59-49-46-44-42-40-38-36-34-32-30-24-22-20-18-16-14-12-10-8-6-4-2/h12,14,18,20,53H,3-11,13,15-17,19,21-52,55H2,1-2H3,(H,57,58)/b14-12-,20-18-. The Labute approximate surface area is 391 Å². The lowest BCUT2D eigenvalue weighted by Crippen LogP contribution is -2.28. The molecule has 0 saturated carbocycles. The molecule has 63 heavy (non-hydrogen) atoms. The first-order chi connectivity index (χ1) is 30.9. The minimum absolute atomic E-state index is 0.0934. The monoisotopic (exact) mass is 912 g/mol. The average molecular weight is 912 g/mol. The van der Waals surface area contributed by atoms with Crippen LogP contribution in [0.15, 0.2) is 24.3 Å². The van der Waals surface area contributed by atoms with Gasteiger partial charge >= 0.3 is 13.8 Å². The number of carbonyl (C=O) groups excluding carboxylic acids is 1. The van der Waals surface area contributed by atoms with Crippen molar-refractivity contribution >= 4 is 13.8 Å². The molecule has 0 fully saturated rings. The van der Waals surface area contributed by atoms with Gasteiger partial charge in [-0.2, -0.15) is 0 Å². The van der Waals surface area contributed by atoms with Crippen molar-refractivity contribution < 1.29 is 32.8 Å². The summed E-state index contributed by atoms with van der Waals surface area (Å²) in [6.45, 7) is 4.96. The van der Waals surface area contributed by atoms with Gasteiger partial charge in [-0.05, 0) is 44.9 Å². The van der Waals surface area contributed by atoms with Gasteiger partial charge in [-0.15, -0.1) is 0 Å². The van der Waals surface area contributed by atoms with E-state index in [9.17, 15) is 14.3 Å². The molecule has 374 valence electrons. The molecule has 0 aromatic rings. The molecule has 2 atom stereocenters. The number of nitrogens with two attached hydrogens (primary N) is 1. The zero-order chi connectivity index (χ0) is 45.8. The Morgan fingerprint density at radius 3 is 1.27 bits per heavy atom. The number of hydrogen-bond donors (Lipinski definition) is 2. The first-order valence-corrected chi connectivity index (χ1v) is 28.8. The summed E-state index contributed by atoms with van der Waals surface area (Å²) >= 11 is 0. The van der Waals surface area contributed by atoms with Crippen LogP contribution in [-0.4, -0.2) is 49.9 Å². The molecule has 0 rings (SSSR count). The molecule has 0 aromatic heterocycles. The molecule has 0 aliphatic rings. The summed E-state index contributed by atoms with van der Waals surface area (Å²) in [4.78, 5) is 22.6. The molecule has 9 heteroatoms. The molecule has 0 aromatic carbocycles. The second kappa shape index (κ2) is 52.0. The maximum atomic E-state index is 12.7. The van der Waals surface area contributed by atoms with E-state index in [0.717, 1.165) is 38.5 Å². The fourth-order valence-electron chi connectivity index (χ4n) is 8.09. The van der Waals surface area contributed by atoms with Crippen LogP contribution >= 0.6 is 7.82 Å². The van der Waals surface area contributed by atoms with Crippen molar-refractivity contribution in [2.24, 2.45) is 5.73 Å². The zero-order valence-corrected chi connectivity index (χ0v) is 42.7. The number of esters is 1. The number of phosphoric acid groups is 1. The number of phosphoric ester groups is 1. The van der Waals surface area contributed by atoms with E-state index in [2.05, 4.69) is 38.2 Å². The van der Waals surface area contributed by atoms with E-state index < -0.39 is 13.9 Å². The Kier molecular flexibility index (Phi) is 51.1. The molecule has 0 aliphatic carbocycles. The predicted molar refractivity (Wildman–Crippen MR) is 270 cm³/mol. The van der Waals surface area contributed by atoms with E-state index in [1.54, 1.807) is 0 Å². The third kappa shape index (κ3) is 51.8. The van der Waals surface area contributed by atoms with Crippen molar-refractivity contribution in [3.63, 3.8) is 0 Å². The van der Waals surface area contributed by atoms with E-state index in [1.165, 1.54) is 218 Å². The number of rotatable bonds is 53. The highest BCUT2D eigenvalue weighted by atomic mass is 31.2. The summed E-state index contributed by atoms with van der Waals surface area (Å²) in [5.74, 6) is -0.324. The summed E-state index contributed by atoms with van der Waals surface area (Å²) in [5, 5.41) is 0. The maximum absolute atomic E-state index is 12.7. The van der Waals surface area contributed by atoms with Crippen LogP contribution < -0.4 is 5.73 Å². The maximum Gasteiger partial charge on any atom is 0.472 e. The highest BCUT2D eigenvalue weighted by Gasteiger charge is 2.25. The van der Waals surface area contributed by atoms with Crippen LogP contribution in [0.3, 0.4) is 0 Å². The molecule has 0 aliphatic heterocycles. The number of unbranched alkanes of at least 4 members (excludes halogenated alkanes) is 36. The van der Waals surface area contributed by atoms with Crippen molar-refractivity contribution in [3.05, 3.63) is 24.3 Å². The number of hydrogen-bond acceptors (Lipinski definition) is 7. The average Bonchev–Trinajstić information content (AvgIpc) is 3.28. The molecule has 3 N–H and O–H groups in total. The third-order valence-electron chi connectivity index (χ3n) is 12.1. The van der Waals surface area contributed by atoms with Crippen LogP contribution in [0.25, 0.3) is 0 Å². The van der Waals surface area contributed by atoms with Crippen LogP contribution in [-0.2, 0) is 27.9 Å². The molecule has 0 radical (unpaired) electrons. The topological polar surface area (TPSA) is 117 Å². The molecular weight excluding hydrogens is 806 g/mol. The highest BCUT2D eigenvalue weighted by Crippen LogP contribution is 2.43. The van der Waals surface area contributed by atoms with Gasteiger partial charge in [-0.1, -0.05) is 250 Å². The van der Waals surface area contributed by atoms with E-state index in [0.29, 0.717) is 13.0 Å². The lowest BCUT2D eigenvalue weighted by molar-refractivity contribution is -0.154. The highest BCUT2D eigenvalue weighted by molar-refractivity contribution is 7.47. The van der Waals surface area contributed by atoms with Crippen LogP contribution in [0.5, 0.6) is 0 Å².